The monoisotopic (exact) mass is 184 g/mol. The van der Waals surface area contributed by atoms with E-state index in [1.165, 1.54) is 13.8 Å². The van der Waals surface area contributed by atoms with Crippen molar-refractivity contribution in [3.05, 3.63) is 12.2 Å². The number of hydrogen-bond acceptors (Lipinski definition) is 4. The third-order valence-electron chi connectivity index (χ3n) is 1.68. The van der Waals surface area contributed by atoms with E-state index in [4.69, 9.17) is 9.47 Å². The van der Waals surface area contributed by atoms with Crippen LogP contribution in [0.5, 0.6) is 0 Å². The van der Waals surface area contributed by atoms with Gasteiger partial charge in [-0.2, -0.15) is 0 Å². The summed E-state index contributed by atoms with van der Waals surface area (Å²) in [6.45, 7) is 2.67. The van der Waals surface area contributed by atoms with Gasteiger partial charge in [-0.15, -0.1) is 0 Å². The summed E-state index contributed by atoms with van der Waals surface area (Å²) in [5.74, 6) is -0.723. The second-order valence-corrected chi connectivity index (χ2v) is 2.89. The van der Waals surface area contributed by atoms with Crippen LogP contribution in [0.4, 0.5) is 0 Å². The number of rotatable bonds is 2. The topological polar surface area (TPSA) is 52.6 Å². The minimum atomic E-state index is -0.415. The maximum Gasteiger partial charge on any atom is 0.303 e. The molecule has 0 heterocycles. The van der Waals surface area contributed by atoms with Gasteiger partial charge in [-0.25, -0.2) is 0 Å². The molecular weight excluding hydrogens is 172 g/mol. The molecule has 0 saturated carbocycles. The molecule has 0 fully saturated rings. The number of hydrogen-bond donors (Lipinski definition) is 0. The first-order valence-electron chi connectivity index (χ1n) is 4.10. The minimum absolute atomic E-state index is 0.346. The quantitative estimate of drug-likeness (QED) is 0.470. The lowest BCUT2D eigenvalue weighted by Crippen LogP contribution is -2.29. The first-order chi connectivity index (χ1) is 6.09. The Bertz CT molecular complexity index is 244. The fourth-order valence-corrected chi connectivity index (χ4v) is 1.24. The average molecular weight is 184 g/mol. The molecule has 0 radical (unpaired) electrons. The van der Waals surface area contributed by atoms with Crippen LogP contribution >= 0.6 is 0 Å². The van der Waals surface area contributed by atoms with Crippen LogP contribution in [0, 0.1) is 0 Å². The lowest BCUT2D eigenvalue weighted by atomic mass is 10.2. The number of carbonyl (C=O) groups excluding carboxylic acids is 2. The molecule has 2 atom stereocenters. The van der Waals surface area contributed by atoms with Gasteiger partial charge in [0.05, 0.1) is 0 Å². The standard InChI is InChI=1S/C9H12O4/c1-6(10)12-8-4-3-5-9(8)13-7(2)11/h3-4,8-9H,5H2,1-2H3/t8-,9-/m0/s1. The first-order valence-corrected chi connectivity index (χ1v) is 4.10. The Labute approximate surface area is 76.5 Å². The van der Waals surface area contributed by atoms with E-state index in [1.54, 1.807) is 6.08 Å². The molecule has 72 valence electrons. The van der Waals surface area contributed by atoms with Gasteiger partial charge in [0.1, 0.15) is 6.10 Å². The van der Waals surface area contributed by atoms with E-state index < -0.39 is 6.10 Å². The molecule has 0 amide bonds. The molecule has 4 heteroatoms. The van der Waals surface area contributed by atoms with Gasteiger partial charge in [0.2, 0.25) is 0 Å². The van der Waals surface area contributed by atoms with Gasteiger partial charge in [0, 0.05) is 20.3 Å². The van der Waals surface area contributed by atoms with Gasteiger partial charge in [0.25, 0.3) is 0 Å². The van der Waals surface area contributed by atoms with Crippen LogP contribution in [0.1, 0.15) is 20.3 Å². The van der Waals surface area contributed by atoms with Gasteiger partial charge in [-0.05, 0) is 6.08 Å². The Kier molecular flexibility index (Phi) is 3.06. The predicted molar refractivity (Wildman–Crippen MR) is 44.9 cm³/mol. The molecule has 0 saturated heterocycles. The van der Waals surface area contributed by atoms with Crippen molar-refractivity contribution in [3.63, 3.8) is 0 Å². The largest absolute Gasteiger partial charge is 0.458 e. The molecule has 1 aliphatic rings. The Morgan fingerprint density at radius 2 is 1.85 bits per heavy atom. The normalized spacial score (nSPS) is 25.7. The summed E-state index contributed by atoms with van der Waals surface area (Å²) in [6.07, 6.45) is 3.41. The van der Waals surface area contributed by atoms with Crippen molar-refractivity contribution in [1.29, 1.82) is 0 Å². The minimum Gasteiger partial charge on any atom is -0.458 e. The van der Waals surface area contributed by atoms with Crippen LogP contribution in [0.15, 0.2) is 12.2 Å². The molecule has 1 aliphatic carbocycles. The fourth-order valence-electron chi connectivity index (χ4n) is 1.24. The van der Waals surface area contributed by atoms with Crippen molar-refractivity contribution in [1.82, 2.24) is 0 Å². The number of esters is 2. The molecule has 0 spiro atoms. The summed E-state index contributed by atoms with van der Waals surface area (Å²) >= 11 is 0. The van der Waals surface area contributed by atoms with E-state index >= 15 is 0 Å². The Morgan fingerprint density at radius 3 is 2.38 bits per heavy atom. The molecule has 0 aliphatic heterocycles. The summed E-state index contributed by atoms with van der Waals surface area (Å²) in [6, 6.07) is 0. The van der Waals surface area contributed by atoms with Crippen LogP contribution in [0.25, 0.3) is 0 Å². The summed E-state index contributed by atoms with van der Waals surface area (Å²) in [4.78, 5) is 21.3. The third kappa shape index (κ3) is 2.89. The average Bonchev–Trinajstić information content (AvgIpc) is 2.34. The maximum absolute atomic E-state index is 10.6. The van der Waals surface area contributed by atoms with Crippen molar-refractivity contribution in [2.24, 2.45) is 0 Å². The van der Waals surface area contributed by atoms with Gasteiger partial charge >= 0.3 is 11.9 Å². The van der Waals surface area contributed by atoms with Crippen LogP contribution in [-0.2, 0) is 19.1 Å². The van der Waals surface area contributed by atoms with Crippen molar-refractivity contribution >= 4 is 11.9 Å². The van der Waals surface area contributed by atoms with E-state index in [0.29, 0.717) is 6.42 Å². The first kappa shape index (κ1) is 9.77. The van der Waals surface area contributed by atoms with Gasteiger partial charge in [-0.3, -0.25) is 9.59 Å². The van der Waals surface area contributed by atoms with Gasteiger partial charge in [-0.1, -0.05) is 6.08 Å². The highest BCUT2D eigenvalue weighted by Crippen LogP contribution is 2.18. The highest BCUT2D eigenvalue weighted by Gasteiger charge is 2.27. The highest BCUT2D eigenvalue weighted by molar-refractivity contribution is 5.67. The zero-order valence-corrected chi connectivity index (χ0v) is 7.65. The molecule has 0 unspecified atom stereocenters. The van der Waals surface area contributed by atoms with E-state index in [0.717, 1.165) is 0 Å². The van der Waals surface area contributed by atoms with Crippen molar-refractivity contribution < 1.29 is 19.1 Å². The Hall–Kier alpha value is -1.32. The predicted octanol–water partition coefficient (Wildman–Crippen LogP) is 0.810. The maximum atomic E-state index is 10.6. The molecule has 0 aromatic heterocycles. The smallest absolute Gasteiger partial charge is 0.303 e. The zero-order valence-electron chi connectivity index (χ0n) is 7.65. The van der Waals surface area contributed by atoms with Crippen molar-refractivity contribution in [2.75, 3.05) is 0 Å². The Morgan fingerprint density at radius 1 is 1.23 bits per heavy atom. The fraction of sp³-hybridized carbons (Fsp3) is 0.556. The lowest BCUT2D eigenvalue weighted by molar-refractivity contribution is -0.160. The summed E-state index contributed by atoms with van der Waals surface area (Å²) in [5, 5.41) is 0. The molecule has 0 aromatic carbocycles. The Balaban J connectivity index is 2.47. The van der Waals surface area contributed by atoms with Crippen molar-refractivity contribution in [2.45, 2.75) is 32.5 Å². The SMILES string of the molecule is CC(=O)O[C@H]1C=CC[C@@H]1OC(C)=O. The molecule has 13 heavy (non-hydrogen) atoms. The van der Waals surface area contributed by atoms with Crippen LogP contribution in [0.2, 0.25) is 0 Å². The molecule has 4 nitrogen and oxygen atoms in total. The second-order valence-electron chi connectivity index (χ2n) is 2.89. The number of carbonyl (C=O) groups is 2. The number of ether oxygens (including phenoxy) is 2. The van der Waals surface area contributed by atoms with Crippen LogP contribution in [0.3, 0.4) is 0 Å². The summed E-state index contributed by atoms with van der Waals surface area (Å²) < 4.78 is 9.87. The van der Waals surface area contributed by atoms with Crippen LogP contribution < -0.4 is 0 Å². The van der Waals surface area contributed by atoms with Crippen molar-refractivity contribution in [3.8, 4) is 0 Å². The summed E-state index contributed by atoms with van der Waals surface area (Å²) in [5.41, 5.74) is 0. The zero-order chi connectivity index (χ0) is 9.84. The summed E-state index contributed by atoms with van der Waals surface area (Å²) in [7, 11) is 0. The van der Waals surface area contributed by atoms with E-state index in [2.05, 4.69) is 0 Å². The molecule has 0 bridgehead atoms. The van der Waals surface area contributed by atoms with Crippen LogP contribution in [-0.4, -0.2) is 24.1 Å². The second kappa shape index (κ2) is 4.07. The van der Waals surface area contributed by atoms with E-state index in [9.17, 15) is 9.59 Å². The molecule has 1 rings (SSSR count). The highest BCUT2D eigenvalue weighted by atomic mass is 16.6. The molecular formula is C9H12O4. The lowest BCUT2D eigenvalue weighted by Gasteiger charge is -2.18. The van der Waals surface area contributed by atoms with Gasteiger partial charge in [0.15, 0.2) is 6.10 Å². The molecule has 0 N–H and O–H groups in total. The van der Waals surface area contributed by atoms with E-state index in [1.807, 2.05) is 6.08 Å². The third-order valence-corrected chi connectivity index (χ3v) is 1.68. The molecule has 0 aromatic rings. The van der Waals surface area contributed by atoms with E-state index in [-0.39, 0.29) is 18.0 Å². The van der Waals surface area contributed by atoms with Gasteiger partial charge < -0.3 is 9.47 Å².